The topological polar surface area (TPSA) is 72.9 Å². The molecule has 0 aliphatic heterocycles. The number of hydrogen-bond donors (Lipinski definition) is 2. The van der Waals surface area contributed by atoms with Crippen LogP contribution in [0.5, 0.6) is 0 Å². The molecule has 2 aromatic heterocycles. The predicted molar refractivity (Wildman–Crippen MR) is 121 cm³/mol. The first-order chi connectivity index (χ1) is 13.5. The third-order valence-electron chi connectivity index (χ3n) is 4.03. The molecule has 2 heterocycles. The Morgan fingerprint density at radius 2 is 2.07 bits per heavy atom. The van der Waals surface area contributed by atoms with Crippen LogP contribution >= 0.6 is 0 Å². The summed E-state index contributed by atoms with van der Waals surface area (Å²) >= 11 is 0. The van der Waals surface area contributed by atoms with Crippen molar-refractivity contribution in [3.8, 4) is 0 Å². The van der Waals surface area contributed by atoms with E-state index >= 15 is 0 Å². The van der Waals surface area contributed by atoms with Crippen molar-refractivity contribution < 1.29 is 0 Å². The van der Waals surface area contributed by atoms with Crippen molar-refractivity contribution in [2.45, 2.75) is 20.3 Å². The van der Waals surface area contributed by atoms with E-state index in [0.29, 0.717) is 23.1 Å². The molecular weight excluding hydrogens is 348 g/mol. The third-order valence-corrected chi connectivity index (χ3v) is 4.03. The highest BCUT2D eigenvalue weighted by Gasteiger charge is 2.15. The van der Waals surface area contributed by atoms with Gasteiger partial charge >= 0.3 is 0 Å². The van der Waals surface area contributed by atoms with Crippen LogP contribution in [0.2, 0.25) is 0 Å². The van der Waals surface area contributed by atoms with Crippen LogP contribution in [0, 0.1) is 6.92 Å². The number of aryl methyl sites for hydroxylation is 1. The number of allylic oxidation sites excluding steroid dienone is 8. The van der Waals surface area contributed by atoms with Crippen LogP contribution in [-0.2, 0) is 0 Å². The number of nitrogens with zero attached hydrogens (tertiary/aromatic N) is 2. The number of hydrogen-bond acceptors (Lipinski definition) is 4. The lowest BCUT2D eigenvalue weighted by atomic mass is 10.1. The number of pyridine rings is 2. The minimum atomic E-state index is -0.204. The van der Waals surface area contributed by atoms with Crippen LogP contribution in [0.1, 0.15) is 19.0 Å². The normalized spacial score (nSPS) is 12.4. The summed E-state index contributed by atoms with van der Waals surface area (Å²) < 4.78 is 1.93. The fourth-order valence-corrected chi connectivity index (χ4v) is 2.91. The van der Waals surface area contributed by atoms with Gasteiger partial charge in [-0.2, -0.15) is 0 Å². The average Bonchev–Trinajstić information content (AvgIpc) is 2.64. The van der Waals surface area contributed by atoms with E-state index < -0.39 is 0 Å². The maximum Gasteiger partial charge on any atom is 0.195 e. The van der Waals surface area contributed by atoms with Gasteiger partial charge in [0.05, 0.1) is 10.9 Å². The fraction of sp³-hybridized carbons (Fsp3) is 0.130. The first-order valence-corrected chi connectivity index (χ1v) is 8.96. The van der Waals surface area contributed by atoms with E-state index in [1.807, 2.05) is 48.8 Å². The molecule has 0 bridgehead atoms. The summed E-state index contributed by atoms with van der Waals surface area (Å²) in [6, 6.07) is 3.36. The van der Waals surface area contributed by atoms with Crippen LogP contribution < -0.4 is 16.5 Å². The highest BCUT2D eigenvalue weighted by Crippen LogP contribution is 2.26. The molecule has 0 amide bonds. The summed E-state index contributed by atoms with van der Waals surface area (Å²) in [7, 11) is 0. The molecular formula is C23H26N4O. The highest BCUT2D eigenvalue weighted by atomic mass is 16.1. The Kier molecular flexibility index (Phi) is 6.93. The number of nitrogens with two attached hydrogens (primary N) is 1. The van der Waals surface area contributed by atoms with Gasteiger partial charge in [-0.1, -0.05) is 37.5 Å². The zero-order valence-corrected chi connectivity index (χ0v) is 16.4. The molecule has 0 aliphatic carbocycles. The summed E-state index contributed by atoms with van der Waals surface area (Å²) in [6.45, 7) is 15.2. The van der Waals surface area contributed by atoms with Crippen molar-refractivity contribution in [1.82, 2.24) is 9.55 Å². The Morgan fingerprint density at radius 3 is 2.68 bits per heavy atom. The Morgan fingerprint density at radius 1 is 1.32 bits per heavy atom. The van der Waals surface area contributed by atoms with Gasteiger partial charge in [0.1, 0.15) is 11.6 Å². The summed E-state index contributed by atoms with van der Waals surface area (Å²) in [5, 5.41) is 3.67. The van der Waals surface area contributed by atoms with E-state index in [9.17, 15) is 4.79 Å². The molecule has 0 atom stereocenters. The second-order valence-corrected chi connectivity index (χ2v) is 6.11. The van der Waals surface area contributed by atoms with E-state index in [1.165, 1.54) is 6.07 Å². The van der Waals surface area contributed by atoms with Gasteiger partial charge in [-0.3, -0.25) is 9.36 Å². The fourth-order valence-electron chi connectivity index (χ4n) is 2.91. The molecule has 3 N–H and O–H groups in total. The number of aromatic nitrogens is 2. The third kappa shape index (κ3) is 4.38. The quantitative estimate of drug-likeness (QED) is 0.507. The Balaban J connectivity index is 2.93. The average molecular weight is 374 g/mol. The first-order valence-electron chi connectivity index (χ1n) is 8.96. The van der Waals surface area contributed by atoms with E-state index in [1.54, 1.807) is 18.2 Å². The van der Waals surface area contributed by atoms with Crippen LogP contribution in [-0.4, -0.2) is 9.55 Å². The van der Waals surface area contributed by atoms with E-state index in [-0.39, 0.29) is 11.2 Å². The van der Waals surface area contributed by atoms with Crippen LogP contribution in [0.15, 0.2) is 84.9 Å². The van der Waals surface area contributed by atoms with Gasteiger partial charge in [0.15, 0.2) is 5.43 Å². The Hall–Kier alpha value is -3.60. The number of nitrogens with one attached hydrogen (secondary N) is 1. The lowest BCUT2D eigenvalue weighted by Gasteiger charge is -2.20. The summed E-state index contributed by atoms with van der Waals surface area (Å²) in [5.74, 6) is 0.800. The number of rotatable bonds is 8. The standard InChI is InChI=1S/C23H26N4O/c1-6-10-13-17(9-4)26-21-15-20(28)22-19(14-16(5)25-23(22)24)27(21)18(11-7-2)12-8-3/h6-9,11-15,26H,1-2,4,10H2,3,5H3,(H2,24,25)/b12-8-,17-13+,18-11+. The molecule has 0 unspecified atom stereocenters. The summed E-state index contributed by atoms with van der Waals surface area (Å²) in [6.07, 6.45) is 13.5. The van der Waals surface area contributed by atoms with E-state index in [0.717, 1.165) is 17.1 Å². The molecule has 0 aliphatic rings. The zero-order valence-electron chi connectivity index (χ0n) is 16.4. The molecule has 28 heavy (non-hydrogen) atoms. The van der Waals surface area contributed by atoms with Crippen LogP contribution in [0.4, 0.5) is 11.6 Å². The molecule has 5 heteroatoms. The molecule has 0 spiro atoms. The van der Waals surface area contributed by atoms with Gasteiger partial charge in [0, 0.05) is 23.2 Å². The highest BCUT2D eigenvalue weighted by molar-refractivity contribution is 5.93. The van der Waals surface area contributed by atoms with Crippen molar-refractivity contribution in [1.29, 1.82) is 0 Å². The van der Waals surface area contributed by atoms with Crippen molar-refractivity contribution in [3.63, 3.8) is 0 Å². The van der Waals surface area contributed by atoms with Gasteiger partial charge in [0.25, 0.3) is 0 Å². The first kappa shape index (κ1) is 20.7. The van der Waals surface area contributed by atoms with Crippen molar-refractivity contribution >= 4 is 28.2 Å². The van der Waals surface area contributed by atoms with Gasteiger partial charge < -0.3 is 11.1 Å². The van der Waals surface area contributed by atoms with Crippen molar-refractivity contribution in [2.24, 2.45) is 0 Å². The summed E-state index contributed by atoms with van der Waals surface area (Å²) in [5.41, 5.74) is 8.85. The van der Waals surface area contributed by atoms with Gasteiger partial charge in [-0.15, -0.1) is 6.58 Å². The minimum absolute atomic E-state index is 0.204. The molecule has 0 aromatic carbocycles. The smallest absolute Gasteiger partial charge is 0.195 e. The van der Waals surface area contributed by atoms with Gasteiger partial charge in [-0.25, -0.2) is 4.98 Å². The van der Waals surface area contributed by atoms with Gasteiger partial charge in [0.2, 0.25) is 0 Å². The zero-order chi connectivity index (χ0) is 20.7. The summed E-state index contributed by atoms with van der Waals surface area (Å²) in [4.78, 5) is 17.1. The lowest BCUT2D eigenvalue weighted by molar-refractivity contribution is 1.11. The molecule has 0 saturated carbocycles. The number of fused-ring (bicyclic) bond motifs is 1. The van der Waals surface area contributed by atoms with Crippen LogP contribution in [0.3, 0.4) is 0 Å². The van der Waals surface area contributed by atoms with E-state index in [4.69, 9.17) is 5.73 Å². The van der Waals surface area contributed by atoms with Crippen LogP contribution in [0.25, 0.3) is 16.6 Å². The SMILES string of the molecule is C=C/C=C(\C=C/C)n1c(N/C(C=C)=C/CC=C)cc(=O)c2c(N)nc(C)cc21. The molecule has 144 valence electrons. The Labute approximate surface area is 165 Å². The maximum absolute atomic E-state index is 12.8. The molecule has 0 fully saturated rings. The van der Waals surface area contributed by atoms with Crippen molar-refractivity contribution in [2.75, 3.05) is 11.1 Å². The monoisotopic (exact) mass is 374 g/mol. The number of anilines is 2. The molecule has 2 aromatic rings. The maximum atomic E-state index is 12.8. The molecule has 2 rings (SSSR count). The predicted octanol–water partition coefficient (Wildman–Crippen LogP) is 4.95. The van der Waals surface area contributed by atoms with Gasteiger partial charge in [-0.05, 0) is 44.6 Å². The minimum Gasteiger partial charge on any atom is -0.383 e. The van der Waals surface area contributed by atoms with Crippen molar-refractivity contribution in [3.05, 3.63) is 96.0 Å². The molecule has 0 saturated heterocycles. The van der Waals surface area contributed by atoms with E-state index in [2.05, 4.69) is 30.0 Å². The number of nitrogen functional groups attached to an aromatic ring is 1. The molecule has 0 radical (unpaired) electrons. The lowest BCUT2D eigenvalue weighted by Crippen LogP contribution is -2.16. The Bertz CT molecular complexity index is 1070. The molecule has 5 nitrogen and oxygen atoms in total. The largest absolute Gasteiger partial charge is 0.383 e. The second kappa shape index (κ2) is 9.37. The second-order valence-electron chi connectivity index (χ2n) is 6.11.